The average molecular weight is 300 g/mol. The lowest BCUT2D eigenvalue weighted by molar-refractivity contribution is -0.306. The van der Waals surface area contributed by atoms with Gasteiger partial charge < -0.3 is 15.2 Å². The van der Waals surface area contributed by atoms with Crippen LogP contribution < -0.4 is 10.4 Å². The molecule has 2 aromatic rings. The Hall–Kier alpha value is -2.69. The van der Waals surface area contributed by atoms with E-state index in [1.54, 1.807) is 24.3 Å². The van der Waals surface area contributed by atoms with Gasteiger partial charge in [0, 0.05) is 18.0 Å². The highest BCUT2D eigenvalue weighted by Gasteiger charge is 2.16. The minimum Gasteiger partial charge on any atom is -0.550 e. The molecule has 1 atom stereocenters. The van der Waals surface area contributed by atoms with Gasteiger partial charge in [-0.3, -0.25) is 4.79 Å². The van der Waals surface area contributed by atoms with Gasteiger partial charge >= 0.3 is 0 Å². The van der Waals surface area contributed by atoms with Gasteiger partial charge in [0.2, 0.25) is 0 Å². The van der Waals surface area contributed by atoms with Crippen LogP contribution in [0.2, 0.25) is 0 Å². The predicted molar refractivity (Wildman–Crippen MR) is 77.4 cm³/mol. The van der Waals surface area contributed by atoms with Crippen LogP contribution in [0.5, 0.6) is 0 Å². The van der Waals surface area contributed by atoms with Crippen LogP contribution in [0, 0.1) is 12.7 Å². The number of carbonyl (C=O) groups excluding carboxylic acids is 2. The maximum Gasteiger partial charge on any atom is 0.251 e. The molecule has 4 nitrogen and oxygen atoms in total. The minimum absolute atomic E-state index is 0.386. The molecule has 114 valence electrons. The van der Waals surface area contributed by atoms with E-state index in [-0.39, 0.29) is 6.42 Å². The summed E-state index contributed by atoms with van der Waals surface area (Å²) in [6.45, 7) is 1.90. The first-order valence-electron chi connectivity index (χ1n) is 6.78. The zero-order chi connectivity index (χ0) is 16.1. The first-order valence-corrected chi connectivity index (χ1v) is 6.78. The van der Waals surface area contributed by atoms with Crippen LogP contribution in [0.25, 0.3) is 0 Å². The number of aryl methyl sites for hydroxylation is 1. The molecule has 22 heavy (non-hydrogen) atoms. The van der Waals surface area contributed by atoms with Crippen molar-refractivity contribution in [2.75, 3.05) is 0 Å². The number of carbonyl (C=O) groups is 2. The Kier molecular flexibility index (Phi) is 4.88. The highest BCUT2D eigenvalue weighted by Crippen LogP contribution is 2.18. The zero-order valence-corrected chi connectivity index (χ0v) is 12.0. The molecule has 0 aliphatic rings. The summed E-state index contributed by atoms with van der Waals surface area (Å²) in [5, 5.41) is 13.5. The van der Waals surface area contributed by atoms with E-state index in [9.17, 15) is 19.1 Å². The Balaban J connectivity index is 2.19. The van der Waals surface area contributed by atoms with Gasteiger partial charge in [-0.2, -0.15) is 0 Å². The molecule has 1 N–H and O–H groups in total. The number of hydrogen-bond acceptors (Lipinski definition) is 3. The summed E-state index contributed by atoms with van der Waals surface area (Å²) in [6.07, 6.45) is -0.386. The number of carboxylic acid groups (broad SMARTS) is 1. The Bertz CT molecular complexity index is 665. The Labute approximate surface area is 127 Å². The van der Waals surface area contributed by atoms with E-state index in [2.05, 4.69) is 5.32 Å². The fourth-order valence-corrected chi connectivity index (χ4v) is 2.06. The number of benzene rings is 2. The Morgan fingerprint density at radius 3 is 2.23 bits per heavy atom. The van der Waals surface area contributed by atoms with Gasteiger partial charge in [0.25, 0.3) is 5.91 Å². The highest BCUT2D eigenvalue weighted by molar-refractivity contribution is 5.94. The van der Waals surface area contributed by atoms with Crippen molar-refractivity contribution in [1.29, 1.82) is 0 Å². The van der Waals surface area contributed by atoms with E-state index in [0.29, 0.717) is 11.1 Å². The lowest BCUT2D eigenvalue weighted by Gasteiger charge is -2.20. The summed E-state index contributed by atoms with van der Waals surface area (Å²) in [7, 11) is 0. The maximum atomic E-state index is 13.0. The summed E-state index contributed by atoms with van der Waals surface area (Å²) in [6, 6.07) is 11.4. The molecule has 0 aromatic heterocycles. The van der Waals surface area contributed by atoms with Crippen LogP contribution in [-0.2, 0) is 4.79 Å². The second kappa shape index (κ2) is 6.85. The number of nitrogens with one attached hydrogen (secondary N) is 1. The SMILES string of the molecule is Cc1ccc(C(=O)N[C@@H](CC(=O)[O-])c2ccc(F)cc2)cc1. The third-order valence-corrected chi connectivity index (χ3v) is 3.26. The Morgan fingerprint density at radius 1 is 1.09 bits per heavy atom. The van der Waals surface area contributed by atoms with Gasteiger partial charge in [-0.15, -0.1) is 0 Å². The van der Waals surface area contributed by atoms with Crippen LogP contribution >= 0.6 is 0 Å². The fraction of sp³-hybridized carbons (Fsp3) is 0.176. The molecule has 2 aromatic carbocycles. The van der Waals surface area contributed by atoms with Crippen molar-refractivity contribution in [3.8, 4) is 0 Å². The first kappa shape index (κ1) is 15.7. The molecular formula is C17H15FNO3-. The summed E-state index contributed by atoms with van der Waals surface area (Å²) in [5.74, 6) is -2.12. The van der Waals surface area contributed by atoms with Gasteiger partial charge in [0.1, 0.15) is 5.82 Å². The van der Waals surface area contributed by atoms with E-state index in [0.717, 1.165) is 5.56 Å². The minimum atomic E-state index is -1.29. The molecule has 0 aliphatic carbocycles. The summed E-state index contributed by atoms with van der Waals surface area (Å²) < 4.78 is 13.0. The van der Waals surface area contributed by atoms with Crippen molar-refractivity contribution in [2.45, 2.75) is 19.4 Å². The number of aliphatic carboxylic acids is 1. The summed E-state index contributed by atoms with van der Waals surface area (Å²) in [5.41, 5.74) is 1.95. The number of halogens is 1. The molecule has 0 fully saturated rings. The monoisotopic (exact) mass is 300 g/mol. The van der Waals surface area contributed by atoms with Crippen LogP contribution in [0.4, 0.5) is 4.39 Å². The van der Waals surface area contributed by atoms with E-state index in [1.165, 1.54) is 24.3 Å². The molecule has 2 rings (SSSR count). The van der Waals surface area contributed by atoms with Gasteiger partial charge in [-0.25, -0.2) is 4.39 Å². The van der Waals surface area contributed by atoms with Crippen molar-refractivity contribution in [3.05, 3.63) is 71.0 Å². The largest absolute Gasteiger partial charge is 0.550 e. The van der Waals surface area contributed by atoms with Crippen molar-refractivity contribution in [1.82, 2.24) is 5.32 Å². The second-order valence-electron chi connectivity index (χ2n) is 5.02. The maximum absolute atomic E-state index is 13.0. The predicted octanol–water partition coefficient (Wildman–Crippen LogP) is 1.75. The third-order valence-electron chi connectivity index (χ3n) is 3.26. The van der Waals surface area contributed by atoms with E-state index < -0.39 is 23.7 Å². The summed E-state index contributed by atoms with van der Waals surface area (Å²) >= 11 is 0. The molecular weight excluding hydrogens is 285 g/mol. The standard InChI is InChI=1S/C17H16FNO3/c1-11-2-4-13(5-3-11)17(22)19-15(10-16(20)21)12-6-8-14(18)9-7-12/h2-9,15H,10H2,1H3,(H,19,22)(H,20,21)/p-1/t15-/m0/s1. The zero-order valence-electron chi connectivity index (χ0n) is 12.0. The fourth-order valence-electron chi connectivity index (χ4n) is 2.06. The molecule has 0 bridgehead atoms. The van der Waals surface area contributed by atoms with Crippen molar-refractivity contribution in [2.24, 2.45) is 0 Å². The van der Waals surface area contributed by atoms with Crippen molar-refractivity contribution in [3.63, 3.8) is 0 Å². The van der Waals surface area contributed by atoms with Crippen LogP contribution in [0.1, 0.15) is 33.9 Å². The van der Waals surface area contributed by atoms with E-state index in [4.69, 9.17) is 0 Å². The van der Waals surface area contributed by atoms with E-state index in [1.807, 2.05) is 6.92 Å². The van der Waals surface area contributed by atoms with Gasteiger partial charge in [-0.1, -0.05) is 29.8 Å². The molecule has 0 spiro atoms. The Morgan fingerprint density at radius 2 is 1.68 bits per heavy atom. The first-order chi connectivity index (χ1) is 10.5. The molecule has 0 saturated carbocycles. The lowest BCUT2D eigenvalue weighted by atomic mass is 10.0. The van der Waals surface area contributed by atoms with Crippen LogP contribution in [-0.4, -0.2) is 11.9 Å². The third kappa shape index (κ3) is 4.15. The highest BCUT2D eigenvalue weighted by atomic mass is 19.1. The number of amides is 1. The van der Waals surface area contributed by atoms with Crippen molar-refractivity contribution < 1.29 is 19.1 Å². The van der Waals surface area contributed by atoms with Crippen LogP contribution in [0.3, 0.4) is 0 Å². The van der Waals surface area contributed by atoms with Crippen LogP contribution in [0.15, 0.2) is 48.5 Å². The second-order valence-corrected chi connectivity index (χ2v) is 5.02. The molecule has 0 saturated heterocycles. The number of rotatable bonds is 5. The van der Waals surface area contributed by atoms with E-state index >= 15 is 0 Å². The van der Waals surface area contributed by atoms with Gasteiger partial charge in [-0.05, 0) is 36.8 Å². The summed E-state index contributed by atoms with van der Waals surface area (Å²) in [4.78, 5) is 23.1. The smallest absolute Gasteiger partial charge is 0.251 e. The number of carboxylic acids is 1. The van der Waals surface area contributed by atoms with Crippen molar-refractivity contribution >= 4 is 11.9 Å². The molecule has 0 unspecified atom stereocenters. The topological polar surface area (TPSA) is 69.2 Å². The quantitative estimate of drug-likeness (QED) is 0.914. The molecule has 0 aliphatic heterocycles. The molecule has 0 radical (unpaired) electrons. The molecule has 0 heterocycles. The average Bonchev–Trinajstić information content (AvgIpc) is 2.47. The number of hydrogen-bond donors (Lipinski definition) is 1. The molecule has 1 amide bonds. The molecule has 5 heteroatoms. The lowest BCUT2D eigenvalue weighted by Crippen LogP contribution is -2.34. The van der Waals surface area contributed by atoms with Gasteiger partial charge in [0.05, 0.1) is 6.04 Å². The normalized spacial score (nSPS) is 11.7. The van der Waals surface area contributed by atoms with Gasteiger partial charge in [0.15, 0.2) is 0 Å².